The van der Waals surface area contributed by atoms with Crippen molar-refractivity contribution < 1.29 is 13.2 Å². The molecule has 0 aromatic carbocycles. The first kappa shape index (κ1) is 16.0. The van der Waals surface area contributed by atoms with E-state index in [-0.39, 0.29) is 10.9 Å². The van der Waals surface area contributed by atoms with Crippen molar-refractivity contribution in [2.75, 3.05) is 26.2 Å². The number of likely N-dealkylation sites (tertiary alicyclic amines) is 1. The van der Waals surface area contributed by atoms with E-state index in [0.29, 0.717) is 19.1 Å². The predicted molar refractivity (Wildman–Crippen MR) is 90.9 cm³/mol. The number of rotatable bonds is 6. The van der Waals surface area contributed by atoms with Gasteiger partial charge in [0.15, 0.2) is 0 Å². The first-order chi connectivity index (χ1) is 11.0. The number of nitrogens with one attached hydrogen (secondary N) is 1. The monoisotopic (exact) mass is 356 g/mol. The minimum Gasteiger partial charge on any atom is -0.372 e. The van der Waals surface area contributed by atoms with Crippen molar-refractivity contribution in [1.82, 2.24) is 9.62 Å². The van der Waals surface area contributed by atoms with E-state index in [1.807, 2.05) is 0 Å². The van der Waals surface area contributed by atoms with Gasteiger partial charge in [-0.15, -0.1) is 11.3 Å². The van der Waals surface area contributed by atoms with Crippen molar-refractivity contribution in [2.24, 2.45) is 5.92 Å². The Labute approximate surface area is 142 Å². The molecule has 3 heterocycles. The van der Waals surface area contributed by atoms with Gasteiger partial charge >= 0.3 is 0 Å². The van der Waals surface area contributed by atoms with Crippen LogP contribution in [-0.2, 0) is 21.3 Å². The molecule has 0 radical (unpaired) electrons. The number of nitrogens with zero attached hydrogens (tertiary/aromatic N) is 1. The van der Waals surface area contributed by atoms with E-state index < -0.39 is 10.0 Å². The van der Waals surface area contributed by atoms with Crippen molar-refractivity contribution in [1.29, 1.82) is 0 Å². The zero-order valence-electron chi connectivity index (χ0n) is 13.2. The van der Waals surface area contributed by atoms with E-state index in [1.54, 1.807) is 11.3 Å². The van der Waals surface area contributed by atoms with Gasteiger partial charge < -0.3 is 4.74 Å². The molecular formula is C16H24N2O3S2. The fourth-order valence-electron chi connectivity index (χ4n) is 3.56. The van der Waals surface area contributed by atoms with E-state index in [4.69, 9.17) is 4.74 Å². The summed E-state index contributed by atoms with van der Waals surface area (Å²) in [6.07, 6.45) is 3.74. The lowest BCUT2D eigenvalue weighted by Crippen LogP contribution is -2.64. The molecule has 0 bridgehead atoms. The second-order valence-corrected chi connectivity index (χ2v) is 10.3. The van der Waals surface area contributed by atoms with Gasteiger partial charge in [-0.05, 0) is 43.0 Å². The zero-order valence-corrected chi connectivity index (χ0v) is 14.9. The summed E-state index contributed by atoms with van der Waals surface area (Å²) in [7, 11) is -3.06. The second-order valence-electron chi connectivity index (χ2n) is 7.22. The molecule has 1 aromatic heterocycles. The van der Waals surface area contributed by atoms with E-state index in [9.17, 15) is 8.42 Å². The molecule has 1 N–H and O–H groups in total. The van der Waals surface area contributed by atoms with Gasteiger partial charge in [0.05, 0.1) is 17.5 Å². The lowest BCUT2D eigenvalue weighted by molar-refractivity contribution is -0.180. The summed E-state index contributed by atoms with van der Waals surface area (Å²) in [4.78, 5) is 3.84. The Morgan fingerprint density at radius 2 is 2.17 bits per heavy atom. The Hall–Kier alpha value is -0.470. The summed E-state index contributed by atoms with van der Waals surface area (Å²) in [6, 6.07) is 4.28. The Balaban J connectivity index is 1.20. The minimum absolute atomic E-state index is 0.0309. The van der Waals surface area contributed by atoms with Crippen molar-refractivity contribution in [3.8, 4) is 0 Å². The molecule has 5 nitrogen and oxygen atoms in total. The number of sulfonamides is 1. The van der Waals surface area contributed by atoms with E-state index in [0.717, 1.165) is 45.3 Å². The molecular weight excluding hydrogens is 332 g/mol. The molecule has 1 atom stereocenters. The SMILES string of the molecule is O=S(=O)(NC[C@H]1CCC2(CN(Cc3cccs3)C2)OC1)C1CC1. The highest BCUT2D eigenvalue weighted by molar-refractivity contribution is 7.90. The summed E-state index contributed by atoms with van der Waals surface area (Å²) < 4.78 is 32.6. The lowest BCUT2D eigenvalue weighted by Gasteiger charge is -2.52. The highest BCUT2D eigenvalue weighted by atomic mass is 32.2. The van der Waals surface area contributed by atoms with Crippen LogP contribution >= 0.6 is 11.3 Å². The first-order valence-corrected chi connectivity index (χ1v) is 10.8. The van der Waals surface area contributed by atoms with Gasteiger partial charge in [-0.25, -0.2) is 13.1 Å². The minimum atomic E-state index is -3.06. The zero-order chi connectivity index (χ0) is 15.9. The maximum Gasteiger partial charge on any atom is 0.214 e. The lowest BCUT2D eigenvalue weighted by atomic mass is 9.83. The molecule has 7 heteroatoms. The van der Waals surface area contributed by atoms with Crippen LogP contribution in [-0.4, -0.2) is 50.4 Å². The molecule has 1 spiro atoms. The summed E-state index contributed by atoms with van der Waals surface area (Å²) in [5.74, 6) is 0.320. The van der Waals surface area contributed by atoms with Crippen LogP contribution in [0.15, 0.2) is 17.5 Å². The molecule has 0 unspecified atom stereocenters. The molecule has 2 aliphatic heterocycles. The fourth-order valence-corrected chi connectivity index (χ4v) is 5.77. The third-order valence-corrected chi connectivity index (χ3v) is 7.93. The van der Waals surface area contributed by atoms with Crippen LogP contribution in [0.3, 0.4) is 0 Å². The van der Waals surface area contributed by atoms with Crippen LogP contribution in [0.1, 0.15) is 30.6 Å². The highest BCUT2D eigenvalue weighted by Crippen LogP contribution is 2.37. The van der Waals surface area contributed by atoms with Crippen molar-refractivity contribution in [3.05, 3.63) is 22.4 Å². The molecule has 3 fully saturated rings. The summed E-state index contributed by atoms with van der Waals surface area (Å²) >= 11 is 1.80. The van der Waals surface area contributed by atoms with Crippen molar-refractivity contribution >= 4 is 21.4 Å². The van der Waals surface area contributed by atoms with Gasteiger partial charge in [0.1, 0.15) is 0 Å². The van der Waals surface area contributed by atoms with Crippen LogP contribution in [0.25, 0.3) is 0 Å². The highest BCUT2D eigenvalue weighted by Gasteiger charge is 2.46. The number of thiophene rings is 1. The number of hydrogen-bond acceptors (Lipinski definition) is 5. The molecule has 1 saturated carbocycles. The van der Waals surface area contributed by atoms with E-state index in [2.05, 4.69) is 27.1 Å². The average molecular weight is 357 g/mol. The molecule has 128 valence electrons. The van der Waals surface area contributed by atoms with Crippen LogP contribution in [0, 0.1) is 5.92 Å². The third kappa shape index (κ3) is 3.64. The summed E-state index contributed by atoms with van der Waals surface area (Å²) in [5.41, 5.74) is 0.0309. The Morgan fingerprint density at radius 3 is 2.78 bits per heavy atom. The second kappa shape index (κ2) is 6.11. The van der Waals surface area contributed by atoms with E-state index >= 15 is 0 Å². The molecule has 2 saturated heterocycles. The fraction of sp³-hybridized carbons (Fsp3) is 0.750. The van der Waals surface area contributed by atoms with Crippen LogP contribution < -0.4 is 4.72 Å². The Kier molecular flexibility index (Phi) is 4.26. The van der Waals surface area contributed by atoms with Gasteiger partial charge in [0, 0.05) is 31.1 Å². The summed E-state index contributed by atoms with van der Waals surface area (Å²) in [6.45, 7) is 4.25. The van der Waals surface area contributed by atoms with Crippen molar-refractivity contribution in [3.63, 3.8) is 0 Å². The van der Waals surface area contributed by atoms with Crippen LogP contribution in [0.5, 0.6) is 0 Å². The predicted octanol–water partition coefficient (Wildman–Crippen LogP) is 1.81. The third-order valence-electron chi connectivity index (χ3n) is 5.15. The molecule has 23 heavy (non-hydrogen) atoms. The molecule has 0 amide bonds. The van der Waals surface area contributed by atoms with Gasteiger partial charge in [0.2, 0.25) is 10.0 Å². The van der Waals surface area contributed by atoms with Crippen LogP contribution in [0.4, 0.5) is 0 Å². The molecule has 3 aliphatic rings. The molecule has 4 rings (SSSR count). The van der Waals surface area contributed by atoms with Crippen molar-refractivity contribution in [2.45, 2.75) is 43.1 Å². The van der Waals surface area contributed by atoms with Gasteiger partial charge in [0.25, 0.3) is 0 Å². The summed E-state index contributed by atoms with van der Waals surface area (Å²) in [5, 5.41) is 1.99. The van der Waals surface area contributed by atoms with Gasteiger partial charge in [-0.1, -0.05) is 6.07 Å². The molecule has 1 aromatic rings. The smallest absolute Gasteiger partial charge is 0.214 e. The quantitative estimate of drug-likeness (QED) is 0.845. The Bertz CT molecular complexity index is 624. The maximum atomic E-state index is 11.9. The van der Waals surface area contributed by atoms with Gasteiger partial charge in [-0.2, -0.15) is 0 Å². The van der Waals surface area contributed by atoms with Crippen LogP contribution in [0.2, 0.25) is 0 Å². The largest absolute Gasteiger partial charge is 0.372 e. The number of ether oxygens (including phenoxy) is 1. The average Bonchev–Trinajstić information content (AvgIpc) is 3.25. The Morgan fingerprint density at radius 1 is 1.35 bits per heavy atom. The number of hydrogen-bond donors (Lipinski definition) is 1. The van der Waals surface area contributed by atoms with Gasteiger partial charge in [-0.3, -0.25) is 4.90 Å². The topological polar surface area (TPSA) is 58.6 Å². The maximum absolute atomic E-state index is 11.9. The normalized spacial score (nSPS) is 27.9. The first-order valence-electron chi connectivity index (χ1n) is 8.42. The molecule has 1 aliphatic carbocycles. The standard InChI is InChI=1S/C16H24N2O3S2/c19-23(20,15-3-4-15)17-8-13-5-6-16(21-10-13)11-18(12-16)9-14-2-1-7-22-14/h1-2,7,13,15,17H,3-6,8-12H2/t13-/m1/s1. The van der Waals surface area contributed by atoms with E-state index in [1.165, 1.54) is 4.88 Å².